The second-order valence-corrected chi connectivity index (χ2v) is 10.6. The molecule has 0 amide bonds. The Hall–Kier alpha value is 0.180. The maximum Gasteiger partial charge on any atom is 0.210 e. The molecular weight excluding hydrogens is 440 g/mol. The molecule has 0 radical (unpaired) electrons. The van der Waals surface area contributed by atoms with E-state index in [9.17, 15) is 8.42 Å². The van der Waals surface area contributed by atoms with E-state index >= 15 is 0 Å². The number of nitrogens with zero attached hydrogens (tertiary/aromatic N) is 1. The second kappa shape index (κ2) is 6.00. The lowest BCUT2D eigenvalue weighted by atomic mass is 9.73. The van der Waals surface area contributed by atoms with Gasteiger partial charge in [0.2, 0.25) is 14.2 Å². The molecule has 21 heavy (non-hydrogen) atoms. The number of aromatic nitrogens is 1. The van der Waals surface area contributed by atoms with Crippen molar-refractivity contribution in [2.75, 3.05) is 5.75 Å². The molecule has 0 bridgehead atoms. The van der Waals surface area contributed by atoms with Crippen molar-refractivity contribution in [2.24, 2.45) is 5.92 Å². The van der Waals surface area contributed by atoms with Crippen molar-refractivity contribution in [3.8, 4) is 0 Å². The molecule has 1 aromatic heterocycles. The summed E-state index contributed by atoms with van der Waals surface area (Å²) in [6, 6.07) is 7.52. The van der Waals surface area contributed by atoms with Crippen LogP contribution in [-0.4, -0.2) is 24.8 Å². The number of sulfone groups is 1. The number of benzene rings is 1. The van der Waals surface area contributed by atoms with E-state index in [-0.39, 0.29) is 21.6 Å². The molecule has 0 aliphatic heterocycles. The van der Waals surface area contributed by atoms with Gasteiger partial charge in [-0.15, -0.1) is 11.3 Å². The third-order valence-corrected chi connectivity index (χ3v) is 8.33. The van der Waals surface area contributed by atoms with Crippen molar-refractivity contribution >= 4 is 59.9 Å². The quantitative estimate of drug-likeness (QED) is 0.501. The Morgan fingerprint density at radius 1 is 1.48 bits per heavy atom. The predicted octanol–water partition coefficient (Wildman–Crippen LogP) is 4.20. The number of hydrogen-bond acceptors (Lipinski definition) is 5. The van der Waals surface area contributed by atoms with Crippen molar-refractivity contribution in [1.82, 2.24) is 4.98 Å². The van der Waals surface area contributed by atoms with Gasteiger partial charge in [-0.05, 0) is 59.9 Å². The van der Waals surface area contributed by atoms with Crippen LogP contribution in [0.1, 0.15) is 19.8 Å². The van der Waals surface area contributed by atoms with Gasteiger partial charge >= 0.3 is 0 Å². The van der Waals surface area contributed by atoms with E-state index < -0.39 is 9.84 Å². The zero-order valence-electron chi connectivity index (χ0n) is 11.4. The Morgan fingerprint density at radius 3 is 2.86 bits per heavy atom. The Bertz CT molecular complexity index is 723. The second-order valence-electron chi connectivity index (χ2n) is 5.63. The molecule has 1 atom stereocenters. The van der Waals surface area contributed by atoms with Crippen LogP contribution in [0, 0.1) is 5.92 Å². The van der Waals surface area contributed by atoms with E-state index in [1.54, 1.807) is 0 Å². The molecule has 1 aromatic carbocycles. The largest absolute Gasteiger partial charge is 0.346 e. The lowest BCUT2D eigenvalue weighted by Gasteiger charge is -2.43. The minimum absolute atomic E-state index is 0.132. The minimum atomic E-state index is -3.30. The normalized spacial score (nSPS) is 26.5. The van der Waals surface area contributed by atoms with Crippen LogP contribution in [0.2, 0.25) is 0 Å². The fourth-order valence-corrected chi connectivity index (χ4v) is 7.68. The molecule has 1 aliphatic carbocycles. The van der Waals surface area contributed by atoms with E-state index in [0.29, 0.717) is 6.45 Å². The van der Waals surface area contributed by atoms with Gasteiger partial charge in [0.25, 0.3) is 0 Å². The van der Waals surface area contributed by atoms with Crippen LogP contribution in [-0.2, 0) is 14.4 Å². The molecule has 2 aromatic rings. The number of hydrogen-bond donors (Lipinski definition) is 0. The lowest BCUT2D eigenvalue weighted by Crippen LogP contribution is -2.44. The molecule has 1 aliphatic rings. The van der Waals surface area contributed by atoms with Crippen LogP contribution in [0.5, 0.6) is 0 Å². The highest BCUT2D eigenvalue weighted by molar-refractivity contribution is 14.2. The molecule has 1 fully saturated rings. The van der Waals surface area contributed by atoms with Gasteiger partial charge in [0.15, 0.2) is 0 Å². The first-order valence-electron chi connectivity index (χ1n) is 6.54. The van der Waals surface area contributed by atoms with Gasteiger partial charge < -0.3 is 4.52 Å². The molecule has 1 saturated carbocycles. The molecule has 0 saturated heterocycles. The Morgan fingerprint density at radius 2 is 2.19 bits per heavy atom. The van der Waals surface area contributed by atoms with Crippen LogP contribution in [0.4, 0.5) is 0 Å². The number of thiazole rings is 1. The summed E-state index contributed by atoms with van der Waals surface area (Å²) >= 11 is 3.46. The fraction of sp³-hybridized carbons (Fsp3) is 0.462. The van der Waals surface area contributed by atoms with Crippen molar-refractivity contribution in [3.63, 3.8) is 0 Å². The van der Waals surface area contributed by atoms with Crippen LogP contribution in [0.15, 0.2) is 28.6 Å². The molecule has 4 nitrogen and oxygen atoms in total. The molecule has 3 rings (SSSR count). The molecule has 1 heterocycles. The highest BCUT2D eigenvalue weighted by Crippen LogP contribution is 2.47. The Balaban J connectivity index is 1.73. The highest BCUT2D eigenvalue weighted by atomic mass is 127. The number of rotatable bonds is 5. The monoisotopic (exact) mass is 455 g/mol. The standard InChI is InChI=1S/C13H15INO3PS2/c1-13(18-19-14)6-9(7-13)8-21(16,17)12-15-10-4-2-3-5-11(10)20-12/h2-5,9,19H,6-8H2,1H3. The van der Waals surface area contributed by atoms with E-state index in [4.69, 9.17) is 4.52 Å². The Labute approximate surface area is 143 Å². The van der Waals surface area contributed by atoms with Crippen LogP contribution < -0.4 is 0 Å². The van der Waals surface area contributed by atoms with Crippen molar-refractivity contribution in [2.45, 2.75) is 29.7 Å². The molecule has 1 unspecified atom stereocenters. The Kier molecular flexibility index (Phi) is 4.59. The average molecular weight is 455 g/mol. The van der Waals surface area contributed by atoms with Crippen LogP contribution in [0.3, 0.4) is 0 Å². The van der Waals surface area contributed by atoms with Crippen molar-refractivity contribution in [1.29, 1.82) is 0 Å². The molecule has 114 valence electrons. The number of fused-ring (bicyclic) bond motifs is 1. The maximum absolute atomic E-state index is 12.5. The van der Waals surface area contributed by atoms with Gasteiger partial charge in [0.1, 0.15) is 0 Å². The van der Waals surface area contributed by atoms with Gasteiger partial charge in [0, 0.05) is 0 Å². The highest BCUT2D eigenvalue weighted by Gasteiger charge is 2.43. The maximum atomic E-state index is 12.5. The first-order chi connectivity index (χ1) is 9.92. The summed E-state index contributed by atoms with van der Waals surface area (Å²) in [5.74, 6) is 0.357. The molecule has 8 heteroatoms. The molecule has 0 spiro atoms. The fourth-order valence-electron chi connectivity index (χ4n) is 2.82. The molecular formula is C13H15INO3PS2. The van der Waals surface area contributed by atoms with Gasteiger partial charge in [0.05, 0.1) is 28.0 Å². The summed E-state index contributed by atoms with van der Waals surface area (Å²) in [5.41, 5.74) is 0.627. The van der Waals surface area contributed by atoms with Gasteiger partial charge in [-0.3, -0.25) is 0 Å². The van der Waals surface area contributed by atoms with Crippen LogP contribution in [0.25, 0.3) is 10.2 Å². The van der Waals surface area contributed by atoms with E-state index in [1.165, 1.54) is 11.3 Å². The van der Waals surface area contributed by atoms with Gasteiger partial charge in [-0.2, -0.15) is 0 Å². The lowest BCUT2D eigenvalue weighted by molar-refractivity contribution is -0.0108. The van der Waals surface area contributed by atoms with E-state index in [0.717, 1.165) is 23.1 Å². The zero-order valence-corrected chi connectivity index (χ0v) is 16.2. The number of para-hydroxylation sites is 1. The summed E-state index contributed by atoms with van der Waals surface area (Å²) in [6.45, 7) is 2.48. The third kappa shape index (κ3) is 3.42. The van der Waals surface area contributed by atoms with E-state index in [1.807, 2.05) is 24.3 Å². The predicted molar refractivity (Wildman–Crippen MR) is 96.2 cm³/mol. The number of halogens is 1. The molecule has 0 N–H and O–H groups in total. The summed E-state index contributed by atoms with van der Waals surface area (Å²) in [6.07, 6.45) is 1.63. The zero-order chi connectivity index (χ0) is 15.1. The summed E-state index contributed by atoms with van der Waals surface area (Å²) in [5, 5.41) is 0. The minimum Gasteiger partial charge on any atom is -0.346 e. The van der Waals surface area contributed by atoms with E-state index in [2.05, 4.69) is 33.9 Å². The van der Waals surface area contributed by atoms with Gasteiger partial charge in [-0.25, -0.2) is 13.4 Å². The first-order valence-corrected chi connectivity index (χ1v) is 13.0. The SMILES string of the molecule is CC1(OPI)CC(CS(=O)(=O)c2nc3ccccc3s2)C1. The topological polar surface area (TPSA) is 56.3 Å². The summed E-state index contributed by atoms with van der Waals surface area (Å²) in [4.78, 5) is 4.27. The summed E-state index contributed by atoms with van der Waals surface area (Å²) in [7, 11) is -3.30. The third-order valence-electron chi connectivity index (χ3n) is 3.72. The first kappa shape index (κ1) is 16.1. The smallest absolute Gasteiger partial charge is 0.210 e. The summed E-state index contributed by atoms with van der Waals surface area (Å²) < 4.78 is 31.8. The van der Waals surface area contributed by atoms with Crippen molar-refractivity contribution < 1.29 is 12.9 Å². The average Bonchev–Trinajstić information content (AvgIpc) is 2.81. The van der Waals surface area contributed by atoms with Gasteiger partial charge in [-0.1, -0.05) is 12.1 Å². The van der Waals surface area contributed by atoms with Crippen LogP contribution >= 0.6 is 39.8 Å². The van der Waals surface area contributed by atoms with Crippen molar-refractivity contribution in [3.05, 3.63) is 24.3 Å².